The average Bonchev–Trinajstić information content (AvgIpc) is 3.04. The second-order valence-corrected chi connectivity index (χ2v) is 12.6. The van der Waals surface area contributed by atoms with Crippen LogP contribution in [0.2, 0.25) is 10.0 Å². The van der Waals surface area contributed by atoms with Crippen LogP contribution in [0.25, 0.3) is 22.0 Å². The van der Waals surface area contributed by atoms with Crippen LogP contribution < -0.4 is 10.7 Å². The number of carboxylic acid groups (broad SMARTS) is 1. The van der Waals surface area contributed by atoms with Gasteiger partial charge in [-0.25, -0.2) is 4.79 Å². The molecule has 0 bridgehead atoms. The molecule has 0 fully saturated rings. The molecule has 0 aliphatic carbocycles. The quantitative estimate of drug-likeness (QED) is 0.152. The maximum atomic E-state index is 13.3. The Morgan fingerprint density at radius 3 is 2.13 bits per heavy atom. The molecule has 0 aliphatic heterocycles. The number of carbonyl (C=O) groups is 3. The van der Waals surface area contributed by atoms with Gasteiger partial charge in [-0.2, -0.15) is 0 Å². The van der Waals surface area contributed by atoms with Gasteiger partial charge in [0.05, 0.1) is 27.0 Å². The van der Waals surface area contributed by atoms with E-state index < -0.39 is 23.0 Å². The Kier molecular flexibility index (Phi) is 10.1. The molecule has 2 N–H and O–H groups in total. The first-order valence-electron chi connectivity index (χ1n) is 14.5. The number of fused-ring (bicyclic) bond motifs is 1. The molecule has 0 aliphatic rings. The van der Waals surface area contributed by atoms with E-state index in [-0.39, 0.29) is 30.0 Å². The Morgan fingerprint density at radius 2 is 1.52 bits per heavy atom. The summed E-state index contributed by atoms with van der Waals surface area (Å²) >= 11 is 15.7. The molecular weight excluding hydrogens is 691 g/mol. The van der Waals surface area contributed by atoms with Crippen LogP contribution in [0.15, 0.2) is 94.3 Å². The lowest BCUT2D eigenvalue weighted by Gasteiger charge is -2.17. The molecule has 0 radical (unpaired) electrons. The standard InChI is InChI=1S/C36H29BrCl2N2O5/c1-3-21-4-7-23(8-5-21)24-9-11-25(12-10-24)35(44)40-20(2)31(42)17-26-13-15-30-32(33(26)37)34(43)27(36(45)46)19-41(30)18-22-6-14-28(38)29(39)16-22/h4-16,19-20H,3,17-18H2,1-2H3,(H,40,44)(H,45,46)/t20-/m0/s1. The zero-order chi connectivity index (χ0) is 33.1. The molecule has 1 atom stereocenters. The number of carboxylic acids is 1. The first kappa shape index (κ1) is 33.1. The van der Waals surface area contributed by atoms with Gasteiger partial charge in [-0.05, 0) is 87.4 Å². The van der Waals surface area contributed by atoms with Crippen LogP contribution in [0.1, 0.15) is 51.3 Å². The van der Waals surface area contributed by atoms with Crippen LogP contribution in [-0.2, 0) is 24.2 Å². The van der Waals surface area contributed by atoms with Crippen molar-refractivity contribution in [1.29, 1.82) is 0 Å². The number of nitrogens with zero attached hydrogens (tertiary/aromatic N) is 1. The van der Waals surface area contributed by atoms with Gasteiger partial charge in [0, 0.05) is 29.2 Å². The van der Waals surface area contributed by atoms with Crippen molar-refractivity contribution in [3.8, 4) is 11.1 Å². The molecule has 4 aromatic carbocycles. The van der Waals surface area contributed by atoms with E-state index in [9.17, 15) is 24.3 Å². The highest BCUT2D eigenvalue weighted by atomic mass is 79.9. The Labute approximate surface area is 283 Å². The van der Waals surface area contributed by atoms with Crippen molar-refractivity contribution in [2.45, 2.75) is 39.3 Å². The van der Waals surface area contributed by atoms with E-state index in [1.807, 2.05) is 24.3 Å². The molecule has 10 heteroatoms. The third-order valence-electron chi connectivity index (χ3n) is 7.87. The fourth-order valence-electron chi connectivity index (χ4n) is 5.19. The lowest BCUT2D eigenvalue weighted by molar-refractivity contribution is -0.119. The van der Waals surface area contributed by atoms with Crippen molar-refractivity contribution < 1.29 is 19.5 Å². The molecule has 0 unspecified atom stereocenters. The molecule has 234 valence electrons. The van der Waals surface area contributed by atoms with Crippen molar-refractivity contribution in [2.24, 2.45) is 0 Å². The van der Waals surface area contributed by atoms with E-state index in [2.05, 4.69) is 40.3 Å². The Morgan fingerprint density at radius 1 is 0.891 bits per heavy atom. The predicted molar refractivity (Wildman–Crippen MR) is 185 cm³/mol. The molecule has 5 aromatic rings. The topological polar surface area (TPSA) is 105 Å². The number of rotatable bonds is 10. The summed E-state index contributed by atoms with van der Waals surface area (Å²) in [7, 11) is 0. The zero-order valence-corrected chi connectivity index (χ0v) is 28.0. The highest BCUT2D eigenvalue weighted by Gasteiger charge is 2.22. The third-order valence-corrected chi connectivity index (χ3v) is 9.52. The second kappa shape index (κ2) is 14.0. The number of halogens is 3. The van der Waals surface area contributed by atoms with Gasteiger partial charge in [0.15, 0.2) is 5.78 Å². The number of carbonyl (C=O) groups excluding carboxylic acids is 2. The Balaban J connectivity index is 1.35. The highest BCUT2D eigenvalue weighted by molar-refractivity contribution is 9.10. The maximum absolute atomic E-state index is 13.3. The summed E-state index contributed by atoms with van der Waals surface area (Å²) < 4.78 is 1.96. The predicted octanol–water partition coefficient (Wildman–Crippen LogP) is 7.98. The molecule has 5 rings (SSSR count). The molecule has 1 heterocycles. The monoisotopic (exact) mass is 718 g/mol. The molecule has 1 amide bonds. The smallest absolute Gasteiger partial charge is 0.341 e. The first-order chi connectivity index (χ1) is 22.0. The van der Waals surface area contributed by atoms with Crippen molar-refractivity contribution in [1.82, 2.24) is 9.88 Å². The lowest BCUT2D eigenvalue weighted by atomic mass is 10.0. The highest BCUT2D eigenvalue weighted by Crippen LogP contribution is 2.29. The van der Waals surface area contributed by atoms with Crippen molar-refractivity contribution in [3.63, 3.8) is 0 Å². The van der Waals surface area contributed by atoms with Gasteiger partial charge >= 0.3 is 5.97 Å². The number of pyridine rings is 1. The maximum Gasteiger partial charge on any atom is 0.341 e. The minimum Gasteiger partial charge on any atom is -0.477 e. The minimum absolute atomic E-state index is 0.103. The number of hydrogen-bond acceptors (Lipinski definition) is 4. The third kappa shape index (κ3) is 7.09. The minimum atomic E-state index is -1.37. The van der Waals surface area contributed by atoms with Crippen molar-refractivity contribution in [2.75, 3.05) is 0 Å². The van der Waals surface area contributed by atoms with Crippen LogP contribution in [0.4, 0.5) is 0 Å². The van der Waals surface area contributed by atoms with E-state index in [0.29, 0.717) is 31.2 Å². The summed E-state index contributed by atoms with van der Waals surface area (Å²) in [6.07, 6.45) is 2.15. The SMILES string of the molecule is CCc1ccc(-c2ccc(C(=O)N[C@@H](C)C(=O)Cc3ccc4c(c3Br)c(=O)c(C(=O)O)cn4Cc3ccc(Cl)c(Cl)c3)cc2)cc1. The first-order valence-corrected chi connectivity index (χ1v) is 16.1. The number of aryl methyl sites for hydroxylation is 1. The van der Waals surface area contributed by atoms with Gasteiger partial charge in [-0.3, -0.25) is 14.4 Å². The number of hydrogen-bond donors (Lipinski definition) is 2. The van der Waals surface area contributed by atoms with Crippen molar-refractivity contribution >= 4 is 67.7 Å². The number of benzene rings is 4. The molecule has 46 heavy (non-hydrogen) atoms. The van der Waals surface area contributed by atoms with Gasteiger partial charge in [0.25, 0.3) is 5.91 Å². The van der Waals surface area contributed by atoms with E-state index >= 15 is 0 Å². The Hall–Kier alpha value is -4.24. The summed E-state index contributed by atoms with van der Waals surface area (Å²) in [6.45, 7) is 3.92. The normalized spacial score (nSPS) is 11.8. The van der Waals surface area contributed by atoms with Gasteiger partial charge in [-0.15, -0.1) is 0 Å². The van der Waals surface area contributed by atoms with Gasteiger partial charge in [0.1, 0.15) is 5.56 Å². The molecule has 0 saturated carbocycles. The fraction of sp³-hybridized carbons (Fsp3) is 0.167. The van der Waals surface area contributed by atoms with Crippen LogP contribution in [0, 0.1) is 0 Å². The van der Waals surface area contributed by atoms with E-state index in [1.54, 1.807) is 54.0 Å². The summed E-state index contributed by atoms with van der Waals surface area (Å²) in [5.74, 6) is -2.05. The van der Waals surface area contributed by atoms with Gasteiger partial charge < -0.3 is 15.0 Å². The summed E-state index contributed by atoms with van der Waals surface area (Å²) in [5.41, 5.74) is 4.29. The van der Waals surface area contributed by atoms with Gasteiger partial charge in [-0.1, -0.05) is 78.7 Å². The number of Topliss-reactive ketones (excluding diaryl/α,β-unsaturated/α-hetero) is 1. The summed E-state index contributed by atoms with van der Waals surface area (Å²) in [5, 5.41) is 13.4. The lowest BCUT2D eigenvalue weighted by Crippen LogP contribution is -2.39. The summed E-state index contributed by atoms with van der Waals surface area (Å²) in [4.78, 5) is 51.5. The molecule has 1 aromatic heterocycles. The van der Waals surface area contributed by atoms with Crippen LogP contribution >= 0.6 is 39.1 Å². The largest absolute Gasteiger partial charge is 0.477 e. The zero-order valence-electron chi connectivity index (χ0n) is 24.9. The Bertz CT molecular complexity index is 2040. The number of ketones is 1. The number of aromatic nitrogens is 1. The number of nitrogens with one attached hydrogen (secondary N) is 1. The van der Waals surface area contributed by atoms with Gasteiger partial charge in [0.2, 0.25) is 5.43 Å². The number of aromatic carboxylic acids is 1. The average molecular weight is 720 g/mol. The molecule has 0 saturated heterocycles. The van der Waals surface area contributed by atoms with Crippen LogP contribution in [0.3, 0.4) is 0 Å². The second-order valence-electron chi connectivity index (χ2n) is 11.0. The molecular formula is C36H29BrCl2N2O5. The van der Waals surface area contributed by atoms with E-state index in [4.69, 9.17) is 23.2 Å². The summed E-state index contributed by atoms with van der Waals surface area (Å²) in [6, 6.07) is 23.1. The van der Waals surface area contributed by atoms with Crippen LogP contribution in [-0.4, -0.2) is 33.4 Å². The van der Waals surface area contributed by atoms with E-state index in [1.165, 1.54) is 11.8 Å². The van der Waals surface area contributed by atoms with E-state index in [0.717, 1.165) is 23.1 Å². The molecule has 7 nitrogen and oxygen atoms in total. The van der Waals surface area contributed by atoms with Crippen LogP contribution in [0.5, 0.6) is 0 Å². The van der Waals surface area contributed by atoms with Crippen molar-refractivity contribution in [3.05, 3.63) is 138 Å². The number of amides is 1. The molecule has 0 spiro atoms. The fourth-order valence-corrected chi connectivity index (χ4v) is 6.16.